The summed E-state index contributed by atoms with van der Waals surface area (Å²) in [6, 6.07) is 7.03. The Kier molecular flexibility index (Phi) is 3.57. The molecule has 2 heterocycles. The lowest BCUT2D eigenvalue weighted by Crippen LogP contribution is -2.37. The first-order chi connectivity index (χ1) is 10.1. The Hall–Kier alpha value is -2.41. The number of rotatable bonds is 3. The zero-order valence-electron chi connectivity index (χ0n) is 11.8. The molecule has 0 unspecified atom stereocenters. The van der Waals surface area contributed by atoms with E-state index in [2.05, 4.69) is 15.0 Å². The molecule has 0 saturated carbocycles. The van der Waals surface area contributed by atoms with Gasteiger partial charge in [0.05, 0.1) is 13.2 Å². The molecule has 0 spiro atoms. The van der Waals surface area contributed by atoms with Crippen molar-refractivity contribution < 1.29 is 9.53 Å². The predicted octanol–water partition coefficient (Wildman–Crippen LogP) is 0.418. The highest BCUT2D eigenvalue weighted by atomic mass is 16.5. The Balaban J connectivity index is 1.93. The molecule has 3 rings (SSSR count). The molecule has 7 heteroatoms. The summed E-state index contributed by atoms with van der Waals surface area (Å²) in [5.41, 5.74) is 6.54. The maximum Gasteiger partial charge on any atom is 0.248 e. The number of primary amides is 1. The number of aromatic nitrogens is 3. The molecule has 1 aromatic carbocycles. The average Bonchev–Trinajstić information content (AvgIpc) is 2.90. The van der Waals surface area contributed by atoms with Crippen molar-refractivity contribution in [3.05, 3.63) is 29.8 Å². The number of nitrogens with zero attached hydrogens (tertiary/aromatic N) is 4. The molecular formula is C14H17N5O2. The Bertz CT molecular complexity index is 661. The van der Waals surface area contributed by atoms with Gasteiger partial charge < -0.3 is 15.4 Å². The van der Waals surface area contributed by atoms with Gasteiger partial charge in [0.1, 0.15) is 0 Å². The van der Waals surface area contributed by atoms with Gasteiger partial charge in [-0.1, -0.05) is 12.1 Å². The van der Waals surface area contributed by atoms with E-state index in [-0.39, 0.29) is 0 Å². The van der Waals surface area contributed by atoms with Gasteiger partial charge in [-0.3, -0.25) is 4.79 Å². The lowest BCUT2D eigenvalue weighted by molar-refractivity contribution is 0.100. The SMILES string of the molecule is Cn1nc(-c2cccc(C(N)=O)c2)nc1N1CCOCC1. The average molecular weight is 287 g/mol. The fourth-order valence-corrected chi connectivity index (χ4v) is 2.35. The maximum atomic E-state index is 11.3. The van der Waals surface area contributed by atoms with Gasteiger partial charge in [-0.2, -0.15) is 4.98 Å². The van der Waals surface area contributed by atoms with E-state index in [4.69, 9.17) is 10.5 Å². The first-order valence-electron chi connectivity index (χ1n) is 6.79. The third kappa shape index (κ3) is 2.73. The summed E-state index contributed by atoms with van der Waals surface area (Å²) in [6.45, 7) is 2.99. The number of carbonyl (C=O) groups is 1. The molecule has 1 aliphatic heterocycles. The molecule has 2 aromatic rings. The molecule has 0 radical (unpaired) electrons. The molecule has 1 amide bonds. The Labute approximate surface area is 122 Å². The molecule has 0 aliphatic carbocycles. The maximum absolute atomic E-state index is 11.3. The first-order valence-corrected chi connectivity index (χ1v) is 6.79. The number of amides is 1. The van der Waals surface area contributed by atoms with Crippen molar-refractivity contribution in [3.8, 4) is 11.4 Å². The third-order valence-corrected chi connectivity index (χ3v) is 3.44. The molecule has 21 heavy (non-hydrogen) atoms. The fourth-order valence-electron chi connectivity index (χ4n) is 2.35. The lowest BCUT2D eigenvalue weighted by Gasteiger charge is -2.26. The zero-order valence-corrected chi connectivity index (χ0v) is 11.8. The number of morpholine rings is 1. The van der Waals surface area contributed by atoms with Crippen LogP contribution >= 0.6 is 0 Å². The van der Waals surface area contributed by atoms with Crippen LogP contribution in [0.5, 0.6) is 0 Å². The van der Waals surface area contributed by atoms with E-state index in [0.717, 1.165) is 24.6 Å². The highest BCUT2D eigenvalue weighted by molar-refractivity contribution is 5.93. The normalized spacial score (nSPS) is 15.2. The van der Waals surface area contributed by atoms with E-state index in [0.29, 0.717) is 24.6 Å². The van der Waals surface area contributed by atoms with Gasteiger partial charge in [-0.25, -0.2) is 4.68 Å². The van der Waals surface area contributed by atoms with Crippen LogP contribution < -0.4 is 10.6 Å². The van der Waals surface area contributed by atoms with Crippen LogP contribution in [0.1, 0.15) is 10.4 Å². The summed E-state index contributed by atoms with van der Waals surface area (Å²) in [4.78, 5) is 18.0. The van der Waals surface area contributed by atoms with Crippen molar-refractivity contribution in [1.29, 1.82) is 0 Å². The monoisotopic (exact) mass is 287 g/mol. The summed E-state index contributed by atoms with van der Waals surface area (Å²) in [7, 11) is 1.86. The quantitative estimate of drug-likeness (QED) is 0.884. The smallest absolute Gasteiger partial charge is 0.248 e. The predicted molar refractivity (Wildman–Crippen MR) is 78.0 cm³/mol. The first kappa shape index (κ1) is 13.6. The molecule has 2 N–H and O–H groups in total. The van der Waals surface area contributed by atoms with Gasteiger partial charge >= 0.3 is 0 Å². The van der Waals surface area contributed by atoms with Crippen LogP contribution in [0.15, 0.2) is 24.3 Å². The van der Waals surface area contributed by atoms with E-state index < -0.39 is 5.91 Å². The summed E-state index contributed by atoms with van der Waals surface area (Å²) < 4.78 is 7.09. The van der Waals surface area contributed by atoms with Crippen LogP contribution in [-0.2, 0) is 11.8 Å². The van der Waals surface area contributed by atoms with Crippen LogP contribution in [0.3, 0.4) is 0 Å². The van der Waals surface area contributed by atoms with Gasteiger partial charge in [-0.05, 0) is 12.1 Å². The Morgan fingerprint density at radius 2 is 2.10 bits per heavy atom. The molecule has 1 aromatic heterocycles. The van der Waals surface area contributed by atoms with Crippen molar-refractivity contribution in [2.75, 3.05) is 31.2 Å². The lowest BCUT2D eigenvalue weighted by atomic mass is 10.1. The number of hydrogen-bond acceptors (Lipinski definition) is 5. The topological polar surface area (TPSA) is 86.3 Å². The van der Waals surface area contributed by atoms with E-state index >= 15 is 0 Å². The number of carbonyl (C=O) groups excluding carboxylic acids is 1. The van der Waals surface area contributed by atoms with Gasteiger partial charge in [0.25, 0.3) is 0 Å². The largest absolute Gasteiger partial charge is 0.378 e. The highest BCUT2D eigenvalue weighted by Gasteiger charge is 2.18. The number of anilines is 1. The standard InChI is InChI=1S/C14H17N5O2/c1-18-14(19-5-7-21-8-6-19)16-13(17-18)11-4-2-3-10(9-11)12(15)20/h2-4,9H,5-8H2,1H3,(H2,15,20). The van der Waals surface area contributed by atoms with Crippen LogP contribution in [0, 0.1) is 0 Å². The van der Waals surface area contributed by atoms with E-state index in [1.807, 2.05) is 13.1 Å². The number of hydrogen-bond donors (Lipinski definition) is 1. The zero-order chi connectivity index (χ0) is 14.8. The minimum atomic E-state index is -0.457. The summed E-state index contributed by atoms with van der Waals surface area (Å²) >= 11 is 0. The van der Waals surface area contributed by atoms with Crippen LogP contribution in [-0.4, -0.2) is 47.0 Å². The van der Waals surface area contributed by atoms with E-state index in [1.165, 1.54) is 0 Å². The molecule has 1 saturated heterocycles. The number of nitrogens with two attached hydrogens (primary N) is 1. The molecule has 1 fully saturated rings. The van der Waals surface area contributed by atoms with Crippen molar-refractivity contribution >= 4 is 11.9 Å². The minimum absolute atomic E-state index is 0.452. The highest BCUT2D eigenvalue weighted by Crippen LogP contribution is 2.21. The fraction of sp³-hybridized carbons (Fsp3) is 0.357. The Morgan fingerprint density at radius 3 is 2.81 bits per heavy atom. The summed E-state index contributed by atoms with van der Waals surface area (Å²) in [5.74, 6) is 0.932. The minimum Gasteiger partial charge on any atom is -0.378 e. The van der Waals surface area contributed by atoms with Crippen molar-refractivity contribution in [3.63, 3.8) is 0 Å². The second-order valence-corrected chi connectivity index (χ2v) is 4.90. The summed E-state index contributed by atoms with van der Waals surface area (Å²) in [6.07, 6.45) is 0. The molecule has 1 aliphatic rings. The summed E-state index contributed by atoms with van der Waals surface area (Å²) in [5, 5.41) is 4.43. The Morgan fingerprint density at radius 1 is 1.33 bits per heavy atom. The number of aryl methyl sites for hydroxylation is 1. The van der Waals surface area contributed by atoms with Gasteiger partial charge in [-0.15, -0.1) is 5.10 Å². The van der Waals surface area contributed by atoms with Crippen molar-refractivity contribution in [2.24, 2.45) is 12.8 Å². The molecule has 110 valence electrons. The van der Waals surface area contributed by atoms with Gasteiger partial charge in [0.2, 0.25) is 11.9 Å². The van der Waals surface area contributed by atoms with Gasteiger partial charge in [0.15, 0.2) is 5.82 Å². The van der Waals surface area contributed by atoms with E-state index in [1.54, 1.807) is 22.9 Å². The molecule has 0 atom stereocenters. The number of ether oxygens (including phenoxy) is 1. The molecule has 7 nitrogen and oxygen atoms in total. The van der Waals surface area contributed by atoms with Crippen LogP contribution in [0.2, 0.25) is 0 Å². The van der Waals surface area contributed by atoms with Crippen LogP contribution in [0.25, 0.3) is 11.4 Å². The van der Waals surface area contributed by atoms with Gasteiger partial charge in [0, 0.05) is 31.3 Å². The number of benzene rings is 1. The van der Waals surface area contributed by atoms with Crippen molar-refractivity contribution in [2.45, 2.75) is 0 Å². The van der Waals surface area contributed by atoms with E-state index in [9.17, 15) is 4.79 Å². The van der Waals surface area contributed by atoms with Crippen molar-refractivity contribution in [1.82, 2.24) is 14.8 Å². The van der Waals surface area contributed by atoms with Crippen LogP contribution in [0.4, 0.5) is 5.95 Å². The molecule has 0 bridgehead atoms. The molecular weight excluding hydrogens is 270 g/mol. The second-order valence-electron chi connectivity index (χ2n) is 4.90. The third-order valence-electron chi connectivity index (χ3n) is 3.44. The second kappa shape index (κ2) is 5.53.